The van der Waals surface area contributed by atoms with E-state index in [1.165, 1.54) is 0 Å². The Morgan fingerprint density at radius 3 is 2.70 bits per heavy atom. The molecule has 0 aliphatic heterocycles. The van der Waals surface area contributed by atoms with E-state index in [-0.39, 0.29) is 18.5 Å². The van der Waals surface area contributed by atoms with Gasteiger partial charge in [-0.05, 0) is 12.5 Å². The summed E-state index contributed by atoms with van der Waals surface area (Å²) in [5, 5.41) is 6.04. The van der Waals surface area contributed by atoms with Gasteiger partial charge in [0, 0.05) is 19.2 Å². The lowest BCUT2D eigenvalue weighted by molar-refractivity contribution is -0.121. The van der Waals surface area contributed by atoms with Crippen LogP contribution in [0.2, 0.25) is 0 Å². The van der Waals surface area contributed by atoms with Gasteiger partial charge in [0.1, 0.15) is 5.75 Å². The largest absolute Gasteiger partial charge is 0.496 e. The smallest absolute Gasteiger partial charge is 0.234 e. The molecule has 1 unspecified atom stereocenters. The Bertz CT molecular complexity index is 410. The molecule has 0 radical (unpaired) electrons. The van der Waals surface area contributed by atoms with Gasteiger partial charge in [0.25, 0.3) is 0 Å². The summed E-state index contributed by atoms with van der Waals surface area (Å²) in [5.74, 6) is 0.769. The first-order valence-electron chi connectivity index (χ1n) is 6.84. The Kier molecular flexibility index (Phi) is 7.69. The minimum Gasteiger partial charge on any atom is -0.496 e. The van der Waals surface area contributed by atoms with Crippen LogP contribution in [0.25, 0.3) is 0 Å². The normalized spacial score (nSPS) is 11.9. The number of ether oxygens (including phenoxy) is 2. The molecule has 0 spiro atoms. The molecule has 0 aliphatic carbocycles. The molecule has 0 bridgehead atoms. The quantitative estimate of drug-likeness (QED) is 0.673. The zero-order valence-corrected chi connectivity index (χ0v) is 12.4. The van der Waals surface area contributed by atoms with Crippen molar-refractivity contribution >= 4 is 5.91 Å². The van der Waals surface area contributed by atoms with E-state index in [0.717, 1.165) is 17.7 Å². The highest BCUT2D eigenvalue weighted by Crippen LogP contribution is 2.26. The van der Waals surface area contributed by atoms with Crippen LogP contribution in [0.1, 0.15) is 24.9 Å². The highest BCUT2D eigenvalue weighted by Gasteiger charge is 2.15. The van der Waals surface area contributed by atoms with Gasteiger partial charge in [-0.1, -0.05) is 25.1 Å². The van der Waals surface area contributed by atoms with E-state index >= 15 is 0 Å². The van der Waals surface area contributed by atoms with Crippen molar-refractivity contribution in [3.63, 3.8) is 0 Å². The minimum absolute atomic E-state index is 0.0288. The third-order valence-corrected chi connectivity index (χ3v) is 3.03. The van der Waals surface area contributed by atoms with Gasteiger partial charge >= 0.3 is 0 Å². The van der Waals surface area contributed by atoms with Crippen molar-refractivity contribution in [2.45, 2.75) is 19.4 Å². The van der Waals surface area contributed by atoms with Crippen LogP contribution in [-0.2, 0) is 9.53 Å². The Morgan fingerprint density at radius 2 is 2.05 bits per heavy atom. The van der Waals surface area contributed by atoms with Crippen molar-refractivity contribution in [2.75, 3.05) is 33.9 Å². The monoisotopic (exact) mass is 280 g/mol. The van der Waals surface area contributed by atoms with Gasteiger partial charge in [-0.3, -0.25) is 4.79 Å². The highest BCUT2D eigenvalue weighted by atomic mass is 16.5. The molecular formula is C15H24N2O3. The van der Waals surface area contributed by atoms with Crippen LogP contribution in [0.4, 0.5) is 0 Å². The Hall–Kier alpha value is -1.59. The van der Waals surface area contributed by atoms with E-state index in [4.69, 9.17) is 9.47 Å². The summed E-state index contributed by atoms with van der Waals surface area (Å²) in [6.45, 7) is 3.58. The number of para-hydroxylation sites is 1. The highest BCUT2D eigenvalue weighted by molar-refractivity contribution is 5.78. The Morgan fingerprint density at radius 1 is 1.30 bits per heavy atom. The third-order valence-electron chi connectivity index (χ3n) is 3.03. The maximum Gasteiger partial charge on any atom is 0.234 e. The number of hydrogen-bond donors (Lipinski definition) is 2. The molecule has 0 aromatic heterocycles. The maximum atomic E-state index is 11.9. The molecule has 112 valence electrons. The van der Waals surface area contributed by atoms with E-state index in [2.05, 4.69) is 10.6 Å². The van der Waals surface area contributed by atoms with Crippen LogP contribution < -0.4 is 15.4 Å². The standard InChI is InChI=1S/C15H24N2O3/c1-4-13(12-7-5-6-8-14(12)20-3)17-15(18)11-16-9-10-19-2/h5-8,13,16H,4,9-11H2,1-3H3,(H,17,18). The van der Waals surface area contributed by atoms with Crippen molar-refractivity contribution in [1.29, 1.82) is 0 Å². The predicted molar refractivity (Wildman–Crippen MR) is 78.9 cm³/mol. The molecule has 1 amide bonds. The fraction of sp³-hybridized carbons (Fsp3) is 0.533. The number of rotatable bonds is 9. The van der Waals surface area contributed by atoms with Gasteiger partial charge in [-0.15, -0.1) is 0 Å². The molecule has 2 N–H and O–H groups in total. The number of hydrogen-bond acceptors (Lipinski definition) is 4. The first-order valence-corrected chi connectivity index (χ1v) is 6.84. The molecule has 0 fully saturated rings. The predicted octanol–water partition coefficient (Wildman–Crippen LogP) is 1.50. The lowest BCUT2D eigenvalue weighted by Crippen LogP contribution is -2.37. The molecule has 5 heteroatoms. The topological polar surface area (TPSA) is 59.6 Å². The molecule has 20 heavy (non-hydrogen) atoms. The Labute approximate surface area is 120 Å². The molecule has 0 aliphatic rings. The molecule has 5 nitrogen and oxygen atoms in total. The zero-order chi connectivity index (χ0) is 14.8. The number of carbonyl (C=O) groups excluding carboxylic acids is 1. The molecule has 1 aromatic rings. The lowest BCUT2D eigenvalue weighted by Gasteiger charge is -2.20. The third kappa shape index (κ3) is 5.19. The van der Waals surface area contributed by atoms with Crippen LogP contribution >= 0.6 is 0 Å². The average molecular weight is 280 g/mol. The van der Waals surface area contributed by atoms with Gasteiger partial charge in [0.15, 0.2) is 0 Å². The first kappa shape index (κ1) is 16.5. The fourth-order valence-electron chi connectivity index (χ4n) is 1.98. The van der Waals surface area contributed by atoms with Crippen LogP contribution in [0.15, 0.2) is 24.3 Å². The Balaban J connectivity index is 2.56. The van der Waals surface area contributed by atoms with Crippen LogP contribution in [0.5, 0.6) is 5.75 Å². The van der Waals surface area contributed by atoms with Gasteiger partial charge in [-0.2, -0.15) is 0 Å². The van der Waals surface area contributed by atoms with Crippen LogP contribution in [0.3, 0.4) is 0 Å². The summed E-state index contributed by atoms with van der Waals surface area (Å²) in [6, 6.07) is 7.71. The van der Waals surface area contributed by atoms with Crippen molar-refractivity contribution < 1.29 is 14.3 Å². The first-order chi connectivity index (χ1) is 9.72. The van der Waals surface area contributed by atoms with E-state index in [9.17, 15) is 4.79 Å². The molecular weight excluding hydrogens is 256 g/mol. The lowest BCUT2D eigenvalue weighted by atomic mass is 10.0. The second kappa shape index (κ2) is 9.34. The summed E-state index contributed by atoms with van der Waals surface area (Å²) >= 11 is 0. The second-order valence-electron chi connectivity index (χ2n) is 4.44. The van der Waals surface area contributed by atoms with Crippen LogP contribution in [-0.4, -0.2) is 39.8 Å². The summed E-state index contributed by atoms with van der Waals surface area (Å²) in [6.07, 6.45) is 0.810. The minimum atomic E-state index is -0.0390. The summed E-state index contributed by atoms with van der Waals surface area (Å²) < 4.78 is 10.3. The van der Waals surface area contributed by atoms with Crippen molar-refractivity contribution in [3.05, 3.63) is 29.8 Å². The van der Waals surface area contributed by atoms with Gasteiger partial charge in [0.2, 0.25) is 5.91 Å². The number of methoxy groups -OCH3 is 2. The van der Waals surface area contributed by atoms with Crippen molar-refractivity contribution in [1.82, 2.24) is 10.6 Å². The van der Waals surface area contributed by atoms with E-state index in [1.54, 1.807) is 14.2 Å². The van der Waals surface area contributed by atoms with E-state index in [0.29, 0.717) is 13.2 Å². The van der Waals surface area contributed by atoms with Crippen LogP contribution in [0, 0.1) is 0 Å². The summed E-state index contributed by atoms with van der Waals surface area (Å²) in [7, 11) is 3.27. The second-order valence-corrected chi connectivity index (χ2v) is 4.44. The number of benzene rings is 1. The zero-order valence-electron chi connectivity index (χ0n) is 12.4. The molecule has 1 atom stereocenters. The molecule has 0 saturated heterocycles. The fourth-order valence-corrected chi connectivity index (χ4v) is 1.98. The molecule has 0 heterocycles. The SMILES string of the molecule is CCC(NC(=O)CNCCOC)c1ccccc1OC. The number of amides is 1. The van der Waals surface area contributed by atoms with Gasteiger partial charge in [0.05, 0.1) is 26.3 Å². The van der Waals surface area contributed by atoms with E-state index in [1.807, 2.05) is 31.2 Å². The van der Waals surface area contributed by atoms with Crippen molar-refractivity contribution in [2.24, 2.45) is 0 Å². The van der Waals surface area contributed by atoms with Gasteiger partial charge in [-0.25, -0.2) is 0 Å². The maximum absolute atomic E-state index is 11.9. The molecule has 1 rings (SSSR count). The average Bonchev–Trinajstić information content (AvgIpc) is 2.49. The summed E-state index contributed by atoms with van der Waals surface area (Å²) in [5.41, 5.74) is 1.00. The van der Waals surface area contributed by atoms with E-state index < -0.39 is 0 Å². The van der Waals surface area contributed by atoms with Crippen molar-refractivity contribution in [3.8, 4) is 5.75 Å². The number of nitrogens with one attached hydrogen (secondary N) is 2. The molecule has 1 aromatic carbocycles. The summed E-state index contributed by atoms with van der Waals surface area (Å²) in [4.78, 5) is 11.9. The van der Waals surface area contributed by atoms with Gasteiger partial charge < -0.3 is 20.1 Å². The molecule has 0 saturated carbocycles. The number of carbonyl (C=O) groups is 1.